The first-order valence-corrected chi connectivity index (χ1v) is 11.2. The third-order valence-corrected chi connectivity index (χ3v) is 5.67. The van der Waals surface area contributed by atoms with Gasteiger partial charge in [0.05, 0.1) is 24.0 Å². The van der Waals surface area contributed by atoms with Crippen LogP contribution >= 0.6 is 11.6 Å². The summed E-state index contributed by atoms with van der Waals surface area (Å²) in [6, 6.07) is 23.0. The van der Waals surface area contributed by atoms with E-state index < -0.39 is 0 Å². The number of amides is 1. The summed E-state index contributed by atoms with van der Waals surface area (Å²) in [6.45, 7) is 3.10. The van der Waals surface area contributed by atoms with Crippen molar-refractivity contribution in [3.8, 4) is 0 Å². The highest BCUT2D eigenvalue weighted by molar-refractivity contribution is 6.31. The first-order valence-electron chi connectivity index (χ1n) is 10.8. The van der Waals surface area contributed by atoms with Gasteiger partial charge < -0.3 is 10.3 Å². The molecule has 0 bridgehead atoms. The Morgan fingerprint density at radius 3 is 2.61 bits per heavy atom. The molecule has 0 aliphatic heterocycles. The monoisotopic (exact) mass is 460 g/mol. The van der Waals surface area contributed by atoms with Crippen LogP contribution in [0, 0.1) is 0 Å². The third-order valence-electron chi connectivity index (χ3n) is 5.43. The molecule has 2 N–H and O–H groups in total. The quantitative estimate of drug-likeness (QED) is 0.402. The summed E-state index contributed by atoms with van der Waals surface area (Å²) < 4.78 is 0. The van der Waals surface area contributed by atoms with E-state index in [0.29, 0.717) is 34.8 Å². The number of halogens is 1. The number of fused-ring (bicyclic) bond motifs is 1. The highest BCUT2D eigenvalue weighted by Crippen LogP contribution is 2.19. The predicted octanol–water partition coefficient (Wildman–Crippen LogP) is 4.63. The predicted molar refractivity (Wildman–Crippen MR) is 133 cm³/mol. The van der Waals surface area contributed by atoms with Crippen molar-refractivity contribution in [2.45, 2.75) is 19.9 Å². The molecule has 6 nitrogen and oxygen atoms in total. The van der Waals surface area contributed by atoms with Crippen LogP contribution in [0.2, 0.25) is 5.02 Å². The van der Waals surface area contributed by atoms with Crippen LogP contribution in [-0.4, -0.2) is 33.9 Å². The minimum absolute atomic E-state index is 0.122. The lowest BCUT2D eigenvalue weighted by molar-refractivity contribution is -0.117. The average Bonchev–Trinajstić information content (AvgIpc) is 2.80. The number of carbonyl (C=O) groups is 1. The van der Waals surface area contributed by atoms with Gasteiger partial charge in [-0.3, -0.25) is 14.5 Å². The molecule has 3 aromatic carbocycles. The molecular formula is C26H25ClN4O2. The van der Waals surface area contributed by atoms with Gasteiger partial charge in [-0.2, -0.15) is 0 Å². The van der Waals surface area contributed by atoms with E-state index in [1.807, 2.05) is 54.3 Å². The number of nitrogens with one attached hydrogen (secondary N) is 2. The zero-order valence-corrected chi connectivity index (χ0v) is 19.1. The second-order valence-electron chi connectivity index (χ2n) is 7.85. The molecule has 0 saturated heterocycles. The fourth-order valence-corrected chi connectivity index (χ4v) is 3.90. The Balaban J connectivity index is 1.45. The van der Waals surface area contributed by atoms with Gasteiger partial charge in [0.1, 0.15) is 5.82 Å². The molecule has 33 heavy (non-hydrogen) atoms. The van der Waals surface area contributed by atoms with Gasteiger partial charge in [0.15, 0.2) is 0 Å². The number of para-hydroxylation sites is 1. The number of hydrogen-bond acceptors (Lipinski definition) is 4. The molecule has 0 unspecified atom stereocenters. The lowest BCUT2D eigenvalue weighted by Gasteiger charge is -2.20. The highest BCUT2D eigenvalue weighted by Gasteiger charge is 2.14. The maximum Gasteiger partial charge on any atom is 0.258 e. The van der Waals surface area contributed by atoms with Gasteiger partial charge in [-0.05, 0) is 48.4 Å². The Kier molecular flexibility index (Phi) is 7.17. The van der Waals surface area contributed by atoms with Gasteiger partial charge in [-0.1, -0.05) is 67.1 Å². The third kappa shape index (κ3) is 5.86. The van der Waals surface area contributed by atoms with E-state index in [0.717, 1.165) is 17.7 Å². The molecule has 0 fully saturated rings. The van der Waals surface area contributed by atoms with Gasteiger partial charge in [-0.15, -0.1) is 0 Å². The molecule has 4 rings (SSSR count). The topological polar surface area (TPSA) is 78.1 Å². The number of aromatic amines is 1. The molecule has 0 atom stereocenters. The van der Waals surface area contributed by atoms with Gasteiger partial charge in [-0.25, -0.2) is 4.98 Å². The van der Waals surface area contributed by atoms with Gasteiger partial charge in [0.25, 0.3) is 5.56 Å². The molecule has 1 aromatic heterocycles. The Hall–Kier alpha value is -3.48. The van der Waals surface area contributed by atoms with Gasteiger partial charge >= 0.3 is 0 Å². The first kappa shape index (κ1) is 22.7. The summed E-state index contributed by atoms with van der Waals surface area (Å²) in [6.07, 6.45) is 0.736. The van der Waals surface area contributed by atoms with E-state index >= 15 is 0 Å². The molecular weight excluding hydrogens is 436 g/mol. The Morgan fingerprint density at radius 1 is 1.06 bits per heavy atom. The van der Waals surface area contributed by atoms with Crippen molar-refractivity contribution in [2.24, 2.45) is 0 Å². The van der Waals surface area contributed by atoms with Crippen LogP contribution in [0.1, 0.15) is 23.9 Å². The highest BCUT2D eigenvalue weighted by atomic mass is 35.5. The molecule has 1 heterocycles. The molecule has 168 valence electrons. The largest absolute Gasteiger partial charge is 0.325 e. The summed E-state index contributed by atoms with van der Waals surface area (Å²) in [7, 11) is 0. The minimum Gasteiger partial charge on any atom is -0.325 e. The van der Waals surface area contributed by atoms with Gasteiger partial charge in [0, 0.05) is 10.7 Å². The SMILES string of the molecule is CCN(CC(=O)Nc1ccccc1Cc1ccccc1)Cc1nc2cc(Cl)ccc2c(=O)[nH]1. The maximum atomic E-state index is 12.8. The van der Waals surface area contributed by atoms with E-state index in [2.05, 4.69) is 27.4 Å². The van der Waals surface area contributed by atoms with Crippen LogP contribution < -0.4 is 10.9 Å². The molecule has 0 saturated carbocycles. The zero-order valence-electron chi connectivity index (χ0n) is 18.3. The van der Waals surface area contributed by atoms with E-state index in [-0.39, 0.29) is 18.0 Å². The van der Waals surface area contributed by atoms with Crippen molar-refractivity contribution in [1.82, 2.24) is 14.9 Å². The number of carbonyl (C=O) groups excluding carboxylic acids is 1. The molecule has 0 aliphatic carbocycles. The zero-order chi connectivity index (χ0) is 23.2. The van der Waals surface area contributed by atoms with Crippen LogP contribution in [0.25, 0.3) is 10.9 Å². The first-order chi connectivity index (χ1) is 16.0. The molecule has 7 heteroatoms. The van der Waals surface area contributed by atoms with Crippen molar-refractivity contribution in [3.05, 3.63) is 105 Å². The number of anilines is 1. The van der Waals surface area contributed by atoms with E-state index in [1.165, 1.54) is 5.56 Å². The molecule has 1 amide bonds. The lowest BCUT2D eigenvalue weighted by atomic mass is 10.0. The molecule has 4 aromatic rings. The van der Waals surface area contributed by atoms with Crippen molar-refractivity contribution in [1.29, 1.82) is 0 Å². The Labute approximate surface area is 197 Å². The molecule has 0 spiro atoms. The second kappa shape index (κ2) is 10.4. The van der Waals surface area contributed by atoms with Crippen LogP contribution in [0.5, 0.6) is 0 Å². The minimum atomic E-state index is -0.220. The molecule has 0 aliphatic rings. The summed E-state index contributed by atoms with van der Waals surface area (Å²) in [4.78, 5) is 34.5. The van der Waals surface area contributed by atoms with Crippen molar-refractivity contribution < 1.29 is 4.79 Å². The number of likely N-dealkylation sites (N-methyl/N-ethyl adjacent to an activating group) is 1. The normalized spacial score (nSPS) is 11.1. The number of benzene rings is 3. The summed E-state index contributed by atoms with van der Waals surface area (Å²) in [5.74, 6) is 0.373. The summed E-state index contributed by atoms with van der Waals surface area (Å²) >= 11 is 6.05. The average molecular weight is 461 g/mol. The van der Waals surface area contributed by atoms with Crippen LogP contribution in [0.15, 0.2) is 77.6 Å². The lowest BCUT2D eigenvalue weighted by Crippen LogP contribution is -2.34. The Bertz CT molecular complexity index is 1320. The molecule has 0 radical (unpaired) electrons. The number of aromatic nitrogens is 2. The van der Waals surface area contributed by atoms with Crippen molar-refractivity contribution in [2.75, 3.05) is 18.4 Å². The summed E-state index contributed by atoms with van der Waals surface area (Å²) in [5.41, 5.74) is 3.35. The van der Waals surface area contributed by atoms with E-state index in [1.54, 1.807) is 18.2 Å². The van der Waals surface area contributed by atoms with Crippen LogP contribution in [0.4, 0.5) is 5.69 Å². The van der Waals surface area contributed by atoms with E-state index in [4.69, 9.17) is 11.6 Å². The van der Waals surface area contributed by atoms with Crippen molar-refractivity contribution >= 4 is 34.1 Å². The van der Waals surface area contributed by atoms with Crippen molar-refractivity contribution in [3.63, 3.8) is 0 Å². The number of H-pyrrole nitrogens is 1. The number of nitrogens with zero attached hydrogens (tertiary/aromatic N) is 2. The Morgan fingerprint density at radius 2 is 1.82 bits per heavy atom. The van der Waals surface area contributed by atoms with E-state index in [9.17, 15) is 9.59 Å². The number of hydrogen-bond donors (Lipinski definition) is 2. The van der Waals surface area contributed by atoms with Crippen LogP contribution in [-0.2, 0) is 17.8 Å². The number of rotatable bonds is 8. The standard InChI is InChI=1S/C26H25ClN4O2/c1-2-31(16-24-28-23-15-20(27)12-13-21(23)26(33)30-24)17-25(32)29-22-11-7-6-10-19(22)14-18-8-4-3-5-9-18/h3-13,15H,2,14,16-17H2,1H3,(H,29,32)(H,28,30,33). The summed E-state index contributed by atoms with van der Waals surface area (Å²) in [5, 5.41) is 4.05. The second-order valence-corrected chi connectivity index (χ2v) is 8.28. The fraction of sp³-hybridized carbons (Fsp3) is 0.192. The fourth-order valence-electron chi connectivity index (χ4n) is 3.73. The van der Waals surface area contributed by atoms with Gasteiger partial charge in [0.2, 0.25) is 5.91 Å². The smallest absolute Gasteiger partial charge is 0.258 e. The maximum absolute atomic E-state index is 12.8. The van der Waals surface area contributed by atoms with Crippen LogP contribution in [0.3, 0.4) is 0 Å².